The number of nitrogens with one attached hydrogen (secondary N) is 2. The first-order valence-electron chi connectivity index (χ1n) is 13.6. The molecule has 5 aromatic rings. The molecular formula is C32H33N7O2S. The number of pyridine rings is 1. The van der Waals surface area contributed by atoms with Gasteiger partial charge in [0, 0.05) is 78.5 Å². The number of anilines is 2. The molecule has 1 atom stereocenters. The average molecular weight is 580 g/mol. The Morgan fingerprint density at radius 2 is 1.71 bits per heavy atom. The van der Waals surface area contributed by atoms with Crippen molar-refractivity contribution in [2.45, 2.75) is 31.6 Å². The third-order valence-corrected chi connectivity index (χ3v) is 7.64. The largest absolute Gasteiger partial charge is 0.378 e. The summed E-state index contributed by atoms with van der Waals surface area (Å²) in [4.78, 5) is 48.4. The minimum absolute atomic E-state index is 0.0623. The molecule has 214 valence electrons. The van der Waals surface area contributed by atoms with Crippen molar-refractivity contribution in [2.24, 2.45) is 0 Å². The average Bonchev–Trinajstić information content (AvgIpc) is 3.39. The molecule has 2 N–H and O–H groups in total. The lowest BCUT2D eigenvalue weighted by Gasteiger charge is -2.31. The zero-order chi connectivity index (χ0) is 29.6. The van der Waals surface area contributed by atoms with Gasteiger partial charge in [-0.1, -0.05) is 36.0 Å². The van der Waals surface area contributed by atoms with Crippen molar-refractivity contribution >= 4 is 45.9 Å². The zero-order valence-electron chi connectivity index (χ0n) is 24.0. The van der Waals surface area contributed by atoms with Gasteiger partial charge in [0.25, 0.3) is 5.91 Å². The summed E-state index contributed by atoms with van der Waals surface area (Å²) in [5.41, 5.74) is 5.72. The lowest BCUT2D eigenvalue weighted by atomic mass is 10.0. The standard InChI is InChI=1S/C32H33N7O2S/c1-21-16-22(2)36-32(35-21)42-20-29(40)39(19-23-8-7-15-33-17-23)30(27-18-34-28-10-6-5-9-26(27)28)31(41)37-24-11-13-25(14-12-24)38(3)4/h5-18,30,34H,19-20H2,1-4H3,(H,37,41)/t30-/m0/s1. The smallest absolute Gasteiger partial charge is 0.251 e. The summed E-state index contributed by atoms with van der Waals surface area (Å²) in [7, 11) is 3.92. The number of nitrogens with zero attached hydrogens (tertiary/aromatic N) is 5. The SMILES string of the molecule is Cc1cc(C)nc(SCC(=O)N(Cc2cccnc2)[C@H](C(=O)Nc2ccc(N(C)C)cc2)c2c[nH]c3ccccc23)n1. The lowest BCUT2D eigenvalue weighted by molar-refractivity contribution is -0.137. The van der Waals surface area contributed by atoms with E-state index in [2.05, 4.69) is 25.3 Å². The second-order valence-electron chi connectivity index (χ2n) is 10.2. The van der Waals surface area contributed by atoms with Gasteiger partial charge in [-0.3, -0.25) is 14.6 Å². The third-order valence-electron chi connectivity index (χ3n) is 6.81. The Morgan fingerprint density at radius 1 is 0.976 bits per heavy atom. The van der Waals surface area contributed by atoms with Crippen molar-refractivity contribution < 1.29 is 9.59 Å². The number of aryl methyl sites for hydroxylation is 2. The van der Waals surface area contributed by atoms with Crippen LogP contribution in [0.3, 0.4) is 0 Å². The van der Waals surface area contributed by atoms with E-state index in [-0.39, 0.29) is 24.1 Å². The number of rotatable bonds is 10. The van der Waals surface area contributed by atoms with E-state index in [0.29, 0.717) is 16.4 Å². The number of benzene rings is 2. The quantitative estimate of drug-likeness (QED) is 0.165. The number of thioether (sulfide) groups is 1. The third kappa shape index (κ3) is 6.77. The fraction of sp³-hybridized carbons (Fsp3) is 0.219. The first kappa shape index (κ1) is 28.8. The van der Waals surface area contributed by atoms with Crippen LogP contribution in [0.4, 0.5) is 11.4 Å². The highest BCUT2D eigenvalue weighted by Gasteiger charge is 2.33. The predicted octanol–water partition coefficient (Wildman–Crippen LogP) is 5.54. The Morgan fingerprint density at radius 3 is 2.40 bits per heavy atom. The maximum Gasteiger partial charge on any atom is 0.251 e. The molecule has 3 aromatic heterocycles. The summed E-state index contributed by atoms with van der Waals surface area (Å²) in [5, 5.41) is 4.45. The highest BCUT2D eigenvalue weighted by Crippen LogP contribution is 2.32. The van der Waals surface area contributed by atoms with Crippen LogP contribution in [0.15, 0.2) is 90.5 Å². The molecule has 0 aliphatic heterocycles. The number of carbonyl (C=O) groups is 2. The molecule has 9 nitrogen and oxygen atoms in total. The van der Waals surface area contributed by atoms with Crippen molar-refractivity contribution in [3.05, 3.63) is 108 Å². The van der Waals surface area contributed by atoms with Crippen LogP contribution in [0.5, 0.6) is 0 Å². The normalized spacial score (nSPS) is 11.7. The maximum atomic E-state index is 14.2. The van der Waals surface area contributed by atoms with Gasteiger partial charge in [0.2, 0.25) is 5.91 Å². The number of hydrogen-bond donors (Lipinski definition) is 2. The van der Waals surface area contributed by atoms with Crippen LogP contribution < -0.4 is 10.2 Å². The van der Waals surface area contributed by atoms with Gasteiger partial charge >= 0.3 is 0 Å². The first-order valence-corrected chi connectivity index (χ1v) is 14.5. The molecule has 0 saturated carbocycles. The predicted molar refractivity (Wildman–Crippen MR) is 167 cm³/mol. The van der Waals surface area contributed by atoms with E-state index >= 15 is 0 Å². The summed E-state index contributed by atoms with van der Waals surface area (Å²) < 4.78 is 0. The zero-order valence-corrected chi connectivity index (χ0v) is 24.9. The molecule has 5 rings (SSSR count). The monoisotopic (exact) mass is 579 g/mol. The van der Waals surface area contributed by atoms with E-state index in [1.165, 1.54) is 11.8 Å². The van der Waals surface area contributed by atoms with Crippen LogP contribution >= 0.6 is 11.8 Å². The van der Waals surface area contributed by atoms with Crippen molar-refractivity contribution in [3.8, 4) is 0 Å². The van der Waals surface area contributed by atoms with E-state index in [4.69, 9.17) is 0 Å². The van der Waals surface area contributed by atoms with Gasteiger partial charge in [-0.15, -0.1) is 0 Å². The molecule has 0 saturated heterocycles. The molecule has 10 heteroatoms. The summed E-state index contributed by atoms with van der Waals surface area (Å²) in [6.45, 7) is 3.99. The van der Waals surface area contributed by atoms with Gasteiger partial charge in [-0.25, -0.2) is 9.97 Å². The molecular weight excluding hydrogens is 546 g/mol. The van der Waals surface area contributed by atoms with E-state index in [1.54, 1.807) is 17.3 Å². The molecule has 0 bridgehead atoms. The second kappa shape index (κ2) is 12.9. The van der Waals surface area contributed by atoms with E-state index in [0.717, 1.165) is 33.5 Å². The van der Waals surface area contributed by atoms with Crippen LogP contribution in [0.2, 0.25) is 0 Å². The Kier molecular flexibility index (Phi) is 8.83. The number of amides is 2. The molecule has 3 heterocycles. The Labute approximate surface area is 249 Å². The minimum atomic E-state index is -0.928. The van der Waals surface area contributed by atoms with E-state index in [1.807, 2.05) is 106 Å². The fourth-order valence-electron chi connectivity index (χ4n) is 4.80. The molecule has 0 radical (unpaired) electrons. The van der Waals surface area contributed by atoms with E-state index < -0.39 is 6.04 Å². The molecule has 2 aromatic carbocycles. The van der Waals surface area contributed by atoms with Crippen molar-refractivity contribution in [3.63, 3.8) is 0 Å². The van der Waals surface area contributed by atoms with Gasteiger partial charge in [-0.05, 0) is 61.9 Å². The van der Waals surface area contributed by atoms with Gasteiger partial charge in [-0.2, -0.15) is 0 Å². The van der Waals surface area contributed by atoms with Crippen LogP contribution in [0, 0.1) is 13.8 Å². The summed E-state index contributed by atoms with van der Waals surface area (Å²) >= 11 is 1.26. The number of fused-ring (bicyclic) bond motifs is 1. The fourth-order valence-corrected chi connectivity index (χ4v) is 5.64. The number of carbonyl (C=O) groups excluding carboxylic acids is 2. The summed E-state index contributed by atoms with van der Waals surface area (Å²) in [6, 6.07) is 20.1. The van der Waals surface area contributed by atoms with Gasteiger partial charge in [0.05, 0.1) is 5.75 Å². The molecule has 0 aliphatic rings. The lowest BCUT2D eigenvalue weighted by Crippen LogP contribution is -2.41. The second-order valence-corrected chi connectivity index (χ2v) is 11.2. The topological polar surface area (TPSA) is 107 Å². The van der Waals surface area contributed by atoms with Crippen LogP contribution in [0.25, 0.3) is 10.9 Å². The van der Waals surface area contributed by atoms with Crippen LogP contribution in [0.1, 0.15) is 28.6 Å². The van der Waals surface area contributed by atoms with Crippen LogP contribution in [-0.4, -0.2) is 56.5 Å². The number of H-pyrrole nitrogens is 1. The molecule has 2 amide bonds. The van der Waals surface area contributed by atoms with Crippen molar-refractivity contribution in [2.75, 3.05) is 30.1 Å². The highest BCUT2D eigenvalue weighted by atomic mass is 32.2. The van der Waals surface area contributed by atoms with Gasteiger partial charge < -0.3 is 20.1 Å². The van der Waals surface area contributed by atoms with Crippen molar-refractivity contribution in [1.82, 2.24) is 24.8 Å². The summed E-state index contributed by atoms with van der Waals surface area (Å²) in [6.07, 6.45) is 5.21. The molecule has 0 aliphatic carbocycles. The van der Waals surface area contributed by atoms with Crippen molar-refractivity contribution in [1.29, 1.82) is 0 Å². The number of aromatic amines is 1. The van der Waals surface area contributed by atoms with E-state index in [9.17, 15) is 9.59 Å². The number of aromatic nitrogens is 4. The molecule has 0 unspecified atom stereocenters. The first-order chi connectivity index (χ1) is 20.3. The Balaban J connectivity index is 1.53. The minimum Gasteiger partial charge on any atom is -0.378 e. The molecule has 42 heavy (non-hydrogen) atoms. The number of hydrogen-bond acceptors (Lipinski definition) is 7. The Hall–Kier alpha value is -4.70. The summed E-state index contributed by atoms with van der Waals surface area (Å²) in [5.74, 6) is -0.477. The Bertz CT molecular complexity index is 1670. The van der Waals surface area contributed by atoms with Gasteiger partial charge in [0.15, 0.2) is 5.16 Å². The van der Waals surface area contributed by atoms with Gasteiger partial charge in [0.1, 0.15) is 6.04 Å². The molecule has 0 spiro atoms. The molecule has 0 fully saturated rings. The highest BCUT2D eigenvalue weighted by molar-refractivity contribution is 7.99. The van der Waals surface area contributed by atoms with Crippen LogP contribution in [-0.2, 0) is 16.1 Å². The number of para-hydroxylation sites is 1. The maximum absolute atomic E-state index is 14.2.